The lowest BCUT2D eigenvalue weighted by Gasteiger charge is -2.32. The van der Waals surface area contributed by atoms with Crippen LogP contribution in [0.15, 0.2) is 24.3 Å². The van der Waals surface area contributed by atoms with E-state index < -0.39 is 0 Å². The second-order valence-electron chi connectivity index (χ2n) is 6.33. The molecule has 1 aromatic carbocycles. The molecule has 1 saturated heterocycles. The third-order valence-corrected chi connectivity index (χ3v) is 4.17. The molecule has 0 saturated carbocycles. The van der Waals surface area contributed by atoms with Gasteiger partial charge in [-0.2, -0.15) is 0 Å². The first kappa shape index (κ1) is 16.3. The quantitative estimate of drug-likeness (QED) is 0.779. The Morgan fingerprint density at radius 2 is 1.62 bits per heavy atom. The van der Waals surface area contributed by atoms with Crippen molar-refractivity contribution < 1.29 is 18.8 Å². The van der Waals surface area contributed by atoms with Crippen LogP contribution in [0.1, 0.15) is 27.7 Å². The molecule has 1 aliphatic heterocycles. The standard InChI is InChI=1S/C16H24BO4/c1-12(18-6)11-19-14-9-7-13(8-10-14)17-20-15(2,3)16(4,5)21-17/h7-10,12H,1,11H2,2-6H3. The fourth-order valence-corrected chi connectivity index (χ4v) is 1.96. The SMILES string of the molecule is [CH2]C(COc1ccc(B2OC(C)(C)C(C)(C)O2)cc1)OC. The van der Waals surface area contributed by atoms with Gasteiger partial charge in [0.25, 0.3) is 0 Å². The van der Waals surface area contributed by atoms with Gasteiger partial charge in [-0.25, -0.2) is 0 Å². The Morgan fingerprint density at radius 3 is 2.10 bits per heavy atom. The first-order valence-corrected chi connectivity index (χ1v) is 7.19. The lowest BCUT2D eigenvalue weighted by Crippen LogP contribution is -2.41. The normalized spacial score (nSPS) is 21.3. The monoisotopic (exact) mass is 291 g/mol. The maximum atomic E-state index is 6.01. The molecule has 1 heterocycles. The zero-order valence-electron chi connectivity index (χ0n) is 13.5. The van der Waals surface area contributed by atoms with Crippen LogP contribution in [-0.2, 0) is 14.0 Å². The Morgan fingerprint density at radius 1 is 1.10 bits per heavy atom. The first-order chi connectivity index (χ1) is 9.75. The third-order valence-electron chi connectivity index (χ3n) is 4.17. The molecule has 0 N–H and O–H groups in total. The van der Waals surface area contributed by atoms with Gasteiger partial charge in [0.1, 0.15) is 12.4 Å². The summed E-state index contributed by atoms with van der Waals surface area (Å²) < 4.78 is 22.7. The van der Waals surface area contributed by atoms with E-state index in [0.717, 1.165) is 11.2 Å². The molecular weight excluding hydrogens is 267 g/mol. The average Bonchev–Trinajstić information content (AvgIpc) is 2.65. The largest absolute Gasteiger partial charge is 0.494 e. The Kier molecular flexibility index (Phi) is 4.66. The number of hydrogen-bond acceptors (Lipinski definition) is 4. The molecule has 115 valence electrons. The van der Waals surface area contributed by atoms with Crippen LogP contribution >= 0.6 is 0 Å². The molecule has 2 rings (SSSR count). The molecule has 1 unspecified atom stereocenters. The molecule has 1 radical (unpaired) electrons. The summed E-state index contributed by atoms with van der Waals surface area (Å²) in [5.41, 5.74) is 0.331. The zero-order chi connectivity index (χ0) is 15.7. The zero-order valence-corrected chi connectivity index (χ0v) is 13.5. The minimum absolute atomic E-state index is 0.173. The van der Waals surface area contributed by atoms with E-state index in [1.54, 1.807) is 7.11 Å². The van der Waals surface area contributed by atoms with Crippen LogP contribution in [0.3, 0.4) is 0 Å². The molecule has 0 amide bonds. The Labute approximate surface area is 127 Å². The highest BCUT2D eigenvalue weighted by Gasteiger charge is 2.51. The molecule has 0 bridgehead atoms. The van der Waals surface area contributed by atoms with Gasteiger partial charge in [-0.15, -0.1) is 0 Å². The Hall–Kier alpha value is -1.04. The summed E-state index contributed by atoms with van der Waals surface area (Å²) in [4.78, 5) is 0. The van der Waals surface area contributed by atoms with Crippen LogP contribution in [0, 0.1) is 6.92 Å². The van der Waals surface area contributed by atoms with Crippen LogP contribution in [0.5, 0.6) is 5.75 Å². The maximum Gasteiger partial charge on any atom is 0.494 e. The van der Waals surface area contributed by atoms with Gasteiger partial charge < -0.3 is 18.8 Å². The lowest BCUT2D eigenvalue weighted by molar-refractivity contribution is 0.00578. The average molecular weight is 291 g/mol. The minimum Gasteiger partial charge on any atom is -0.491 e. The Balaban J connectivity index is 2.00. The van der Waals surface area contributed by atoms with E-state index in [1.165, 1.54) is 0 Å². The van der Waals surface area contributed by atoms with E-state index >= 15 is 0 Å². The van der Waals surface area contributed by atoms with Crippen molar-refractivity contribution in [2.24, 2.45) is 0 Å². The van der Waals surface area contributed by atoms with E-state index in [9.17, 15) is 0 Å². The highest BCUT2D eigenvalue weighted by molar-refractivity contribution is 6.62. The van der Waals surface area contributed by atoms with Gasteiger partial charge in [0.15, 0.2) is 0 Å². The fourth-order valence-electron chi connectivity index (χ4n) is 1.96. The lowest BCUT2D eigenvalue weighted by atomic mass is 9.79. The molecule has 1 atom stereocenters. The highest BCUT2D eigenvalue weighted by atomic mass is 16.7. The summed E-state index contributed by atoms with van der Waals surface area (Å²) in [5.74, 6) is 0.779. The Bertz CT molecular complexity index is 454. The van der Waals surface area contributed by atoms with Gasteiger partial charge in [0.2, 0.25) is 0 Å². The topological polar surface area (TPSA) is 36.9 Å². The van der Waals surface area contributed by atoms with Crippen molar-refractivity contribution in [2.45, 2.75) is 45.0 Å². The molecule has 0 aliphatic carbocycles. The second kappa shape index (κ2) is 5.99. The summed E-state index contributed by atoms with van der Waals surface area (Å²) in [6, 6.07) is 7.73. The van der Waals surface area contributed by atoms with Gasteiger partial charge in [-0.1, -0.05) is 12.1 Å². The summed E-state index contributed by atoms with van der Waals surface area (Å²) in [5, 5.41) is 0. The first-order valence-electron chi connectivity index (χ1n) is 7.19. The van der Waals surface area contributed by atoms with Gasteiger partial charge in [-0.3, -0.25) is 0 Å². The van der Waals surface area contributed by atoms with Crippen LogP contribution < -0.4 is 10.2 Å². The summed E-state index contributed by atoms with van der Waals surface area (Å²) in [6.07, 6.45) is -0.173. The van der Waals surface area contributed by atoms with Crippen molar-refractivity contribution >= 4 is 12.6 Å². The van der Waals surface area contributed by atoms with Gasteiger partial charge in [0, 0.05) is 7.11 Å². The maximum absolute atomic E-state index is 6.01. The highest BCUT2D eigenvalue weighted by Crippen LogP contribution is 2.36. The minimum atomic E-state index is -0.344. The third kappa shape index (κ3) is 3.60. The molecule has 21 heavy (non-hydrogen) atoms. The molecule has 1 aromatic rings. The second-order valence-corrected chi connectivity index (χ2v) is 6.33. The molecule has 5 heteroatoms. The van der Waals surface area contributed by atoms with Crippen LogP contribution in [0.4, 0.5) is 0 Å². The van der Waals surface area contributed by atoms with Crippen molar-refractivity contribution in [1.29, 1.82) is 0 Å². The van der Waals surface area contributed by atoms with Crippen LogP contribution in [0.25, 0.3) is 0 Å². The molecule has 4 nitrogen and oxygen atoms in total. The fraction of sp³-hybridized carbons (Fsp3) is 0.562. The van der Waals surface area contributed by atoms with Crippen molar-refractivity contribution in [2.75, 3.05) is 13.7 Å². The van der Waals surface area contributed by atoms with Crippen LogP contribution in [0.2, 0.25) is 0 Å². The number of methoxy groups -OCH3 is 1. The predicted octanol–water partition coefficient (Wildman–Crippen LogP) is 2.21. The van der Waals surface area contributed by atoms with Crippen molar-refractivity contribution in [3.8, 4) is 5.75 Å². The number of rotatable bonds is 5. The number of hydrogen-bond donors (Lipinski definition) is 0. The van der Waals surface area contributed by atoms with E-state index in [2.05, 4.69) is 6.92 Å². The van der Waals surface area contributed by atoms with Crippen molar-refractivity contribution in [3.63, 3.8) is 0 Å². The van der Waals surface area contributed by atoms with Crippen molar-refractivity contribution in [1.82, 2.24) is 0 Å². The predicted molar refractivity (Wildman–Crippen MR) is 83.8 cm³/mol. The van der Waals surface area contributed by atoms with E-state index in [1.807, 2.05) is 52.0 Å². The van der Waals surface area contributed by atoms with Gasteiger partial charge in [-0.05, 0) is 52.2 Å². The summed E-state index contributed by atoms with van der Waals surface area (Å²) in [7, 11) is 1.27. The smallest absolute Gasteiger partial charge is 0.491 e. The number of ether oxygens (including phenoxy) is 2. The molecule has 0 aromatic heterocycles. The molecule has 1 fully saturated rings. The molecular formula is C16H24BO4. The summed E-state index contributed by atoms with van der Waals surface area (Å²) >= 11 is 0. The van der Waals surface area contributed by atoms with Gasteiger partial charge in [0.05, 0.1) is 17.3 Å². The molecule has 1 aliphatic rings. The van der Waals surface area contributed by atoms with Crippen molar-refractivity contribution in [3.05, 3.63) is 31.2 Å². The van der Waals surface area contributed by atoms with Gasteiger partial charge >= 0.3 is 7.12 Å². The van der Waals surface area contributed by atoms with E-state index in [4.69, 9.17) is 18.8 Å². The van der Waals surface area contributed by atoms with Crippen LogP contribution in [-0.4, -0.2) is 38.1 Å². The molecule has 0 spiro atoms. The summed E-state index contributed by atoms with van der Waals surface area (Å²) in [6.45, 7) is 12.4. The van der Waals surface area contributed by atoms with E-state index in [0.29, 0.717) is 6.61 Å². The number of benzene rings is 1. The van der Waals surface area contributed by atoms with E-state index in [-0.39, 0.29) is 24.4 Å².